The lowest BCUT2D eigenvalue weighted by Crippen LogP contribution is -2.43. The molecule has 0 saturated carbocycles. The van der Waals surface area contributed by atoms with Crippen LogP contribution in [0.5, 0.6) is 0 Å². The first-order chi connectivity index (χ1) is 28.7. The number of fused-ring (bicyclic) bond motifs is 16. The highest BCUT2D eigenvalue weighted by Crippen LogP contribution is 2.67. The van der Waals surface area contributed by atoms with Gasteiger partial charge >= 0.3 is 0 Å². The molecular weight excluding hydrogens is 720 g/mol. The molecule has 0 atom stereocenters. The largest absolute Gasteiger partial charge is 0.309 e. The van der Waals surface area contributed by atoms with Gasteiger partial charge in [0, 0.05) is 15.9 Å². The van der Waals surface area contributed by atoms with Crippen molar-refractivity contribution in [1.29, 1.82) is 0 Å². The summed E-state index contributed by atoms with van der Waals surface area (Å²) in [6.45, 7) is 0. The number of rotatable bonds is 4. The van der Waals surface area contributed by atoms with Crippen molar-refractivity contribution in [3.8, 4) is 33.4 Å². The van der Waals surface area contributed by atoms with Gasteiger partial charge in [-0.25, -0.2) is 0 Å². The van der Waals surface area contributed by atoms with E-state index >= 15 is 4.57 Å². The van der Waals surface area contributed by atoms with Crippen molar-refractivity contribution in [2.75, 3.05) is 0 Å². The van der Waals surface area contributed by atoms with E-state index in [1.54, 1.807) is 0 Å². The highest BCUT2D eigenvalue weighted by atomic mass is 31.2. The maximum atomic E-state index is 15.3. The van der Waals surface area contributed by atoms with Gasteiger partial charge in [0.2, 0.25) is 0 Å². The molecule has 0 aliphatic heterocycles. The lowest BCUT2D eigenvalue weighted by molar-refractivity contribution is 0.592. The summed E-state index contributed by atoms with van der Waals surface area (Å²) in [6.07, 6.45) is 0. The van der Waals surface area contributed by atoms with E-state index in [4.69, 9.17) is 0 Å². The normalized spacial score (nSPS) is 14.6. The number of hydrogen-bond donors (Lipinski definition) is 0. The van der Waals surface area contributed by atoms with Crippen LogP contribution in [0.1, 0.15) is 44.5 Å². The van der Waals surface area contributed by atoms with Gasteiger partial charge in [-0.15, -0.1) is 0 Å². The first-order valence-electron chi connectivity index (χ1n) is 20.1. The van der Waals surface area contributed by atoms with Crippen LogP contribution >= 0.6 is 7.14 Å². The molecule has 2 spiro atoms. The molecule has 0 fully saturated rings. The monoisotopic (exact) mass is 756 g/mol. The topological polar surface area (TPSA) is 17.1 Å². The second kappa shape index (κ2) is 12.4. The van der Waals surface area contributed by atoms with Crippen molar-refractivity contribution in [2.24, 2.45) is 0 Å². The second-order valence-electron chi connectivity index (χ2n) is 15.8. The molecule has 2 heteroatoms. The molecule has 9 aromatic carbocycles. The molecular formula is C56H37OP. The standard InChI is InChI=1S/C56H37OP/c57-58(40-17-3-1-4-18-40,41-19-5-2-6-20-41)42-34-31-38(32-35-42)39-33-36-53-54(37-39)56(49-27-13-9-23-45(49)46-24-10-14-28-50(46)56)52-30-16-15-29-51(52)55(53)47-25-11-7-21-43(47)44-22-8-12-26-48(44)55/h1-37H. The van der Waals surface area contributed by atoms with E-state index in [9.17, 15) is 0 Å². The van der Waals surface area contributed by atoms with Gasteiger partial charge in [-0.1, -0.05) is 218 Å². The van der Waals surface area contributed by atoms with E-state index < -0.39 is 18.0 Å². The van der Waals surface area contributed by atoms with Crippen molar-refractivity contribution in [2.45, 2.75) is 10.8 Å². The summed E-state index contributed by atoms with van der Waals surface area (Å²) >= 11 is 0. The summed E-state index contributed by atoms with van der Waals surface area (Å²) in [5.41, 5.74) is 16.9. The molecule has 0 unspecified atom stereocenters. The maximum Gasteiger partial charge on any atom is 0.171 e. The predicted molar refractivity (Wildman–Crippen MR) is 239 cm³/mol. The number of hydrogen-bond acceptors (Lipinski definition) is 1. The first-order valence-corrected chi connectivity index (χ1v) is 21.8. The van der Waals surface area contributed by atoms with Crippen LogP contribution in [0.4, 0.5) is 0 Å². The fourth-order valence-electron chi connectivity index (χ4n) is 11.0. The Bertz CT molecular complexity index is 3010. The van der Waals surface area contributed by atoms with Gasteiger partial charge in [-0.05, 0) is 84.0 Å². The van der Waals surface area contributed by atoms with Crippen molar-refractivity contribution in [3.05, 3.63) is 269 Å². The van der Waals surface area contributed by atoms with Crippen LogP contribution in [-0.4, -0.2) is 0 Å². The van der Waals surface area contributed by atoms with Gasteiger partial charge in [0.1, 0.15) is 0 Å². The molecule has 0 amide bonds. The smallest absolute Gasteiger partial charge is 0.171 e. The van der Waals surface area contributed by atoms with E-state index in [-0.39, 0.29) is 0 Å². The summed E-state index contributed by atoms with van der Waals surface area (Å²) in [5.74, 6) is 0. The minimum absolute atomic E-state index is 0.517. The van der Waals surface area contributed by atoms with Gasteiger partial charge in [-0.3, -0.25) is 0 Å². The Morgan fingerprint density at radius 2 is 0.569 bits per heavy atom. The Balaban J connectivity index is 1.15. The Kier molecular flexibility index (Phi) is 7.11. The quantitative estimate of drug-likeness (QED) is 0.163. The van der Waals surface area contributed by atoms with Crippen LogP contribution in [0.15, 0.2) is 224 Å². The number of benzene rings is 9. The third kappa shape index (κ3) is 4.19. The van der Waals surface area contributed by atoms with Crippen LogP contribution in [0.25, 0.3) is 33.4 Å². The molecule has 0 saturated heterocycles. The predicted octanol–water partition coefficient (Wildman–Crippen LogP) is 12.0. The summed E-state index contributed by atoms with van der Waals surface area (Å²) in [7, 11) is -3.12. The fourth-order valence-corrected chi connectivity index (χ4v) is 13.7. The molecule has 9 aromatic rings. The van der Waals surface area contributed by atoms with E-state index in [1.807, 2.05) is 60.7 Å². The lowest BCUT2D eigenvalue weighted by atomic mass is 9.52. The Morgan fingerprint density at radius 1 is 0.259 bits per heavy atom. The summed E-state index contributed by atoms with van der Waals surface area (Å²) in [5, 5.41) is 2.50. The Morgan fingerprint density at radius 3 is 1.00 bits per heavy atom. The molecule has 272 valence electrons. The third-order valence-corrected chi connectivity index (χ3v) is 16.3. The van der Waals surface area contributed by atoms with Gasteiger partial charge in [0.25, 0.3) is 0 Å². The van der Waals surface area contributed by atoms with Crippen molar-refractivity contribution >= 4 is 23.1 Å². The van der Waals surface area contributed by atoms with E-state index in [0.717, 1.165) is 27.0 Å². The highest BCUT2D eigenvalue weighted by molar-refractivity contribution is 7.85. The zero-order chi connectivity index (χ0) is 38.5. The molecule has 0 heterocycles. The zero-order valence-corrected chi connectivity index (χ0v) is 32.6. The van der Waals surface area contributed by atoms with Gasteiger partial charge in [0.05, 0.1) is 10.8 Å². The second-order valence-corrected chi connectivity index (χ2v) is 18.6. The first kappa shape index (κ1) is 33.4. The average Bonchev–Trinajstić information content (AvgIpc) is 3.77. The van der Waals surface area contributed by atoms with E-state index in [2.05, 4.69) is 164 Å². The molecule has 0 radical (unpaired) electrons. The minimum atomic E-state index is -3.12. The van der Waals surface area contributed by atoms with Crippen LogP contribution in [-0.2, 0) is 15.4 Å². The third-order valence-electron chi connectivity index (χ3n) is 13.3. The summed E-state index contributed by atoms with van der Waals surface area (Å²) < 4.78 is 15.3. The van der Waals surface area contributed by atoms with Crippen LogP contribution in [0.3, 0.4) is 0 Å². The van der Waals surface area contributed by atoms with Crippen LogP contribution in [0, 0.1) is 0 Å². The molecule has 3 aliphatic carbocycles. The summed E-state index contributed by atoms with van der Waals surface area (Å²) in [4.78, 5) is 0. The maximum absolute atomic E-state index is 15.3. The molecule has 3 aliphatic rings. The molecule has 58 heavy (non-hydrogen) atoms. The van der Waals surface area contributed by atoms with Crippen LogP contribution < -0.4 is 15.9 Å². The molecule has 0 N–H and O–H groups in total. The minimum Gasteiger partial charge on any atom is -0.309 e. The molecule has 1 nitrogen and oxygen atoms in total. The molecule has 0 aromatic heterocycles. The summed E-state index contributed by atoms with van der Waals surface area (Å²) in [6, 6.07) is 81.0. The average molecular weight is 757 g/mol. The Labute approximate surface area is 339 Å². The molecule has 0 bridgehead atoms. The SMILES string of the molecule is O=P(c1ccccc1)(c1ccccc1)c1ccc(-c2ccc3c(c2)C2(c4ccccc4-c4ccccc42)c2ccccc2C32c3ccccc3-c3ccccc32)cc1. The van der Waals surface area contributed by atoms with Gasteiger partial charge in [-0.2, -0.15) is 0 Å². The lowest BCUT2D eigenvalue weighted by Gasteiger charge is -2.49. The van der Waals surface area contributed by atoms with Crippen molar-refractivity contribution in [1.82, 2.24) is 0 Å². The van der Waals surface area contributed by atoms with Gasteiger partial charge in [0.15, 0.2) is 7.14 Å². The van der Waals surface area contributed by atoms with Crippen molar-refractivity contribution < 1.29 is 4.57 Å². The van der Waals surface area contributed by atoms with Crippen LogP contribution in [0.2, 0.25) is 0 Å². The fraction of sp³-hybridized carbons (Fsp3) is 0.0357. The van der Waals surface area contributed by atoms with Crippen molar-refractivity contribution in [3.63, 3.8) is 0 Å². The Hall–Kier alpha value is -6.79. The van der Waals surface area contributed by atoms with Gasteiger partial charge < -0.3 is 4.57 Å². The zero-order valence-electron chi connectivity index (χ0n) is 31.7. The van der Waals surface area contributed by atoms with E-state index in [1.165, 1.54) is 66.8 Å². The van der Waals surface area contributed by atoms with E-state index in [0.29, 0.717) is 0 Å². The highest BCUT2D eigenvalue weighted by Gasteiger charge is 2.58. The molecule has 12 rings (SSSR count).